The van der Waals surface area contributed by atoms with Crippen LogP contribution >= 0.6 is 23.2 Å². The van der Waals surface area contributed by atoms with E-state index in [2.05, 4.69) is 20.3 Å². The second-order valence-corrected chi connectivity index (χ2v) is 7.77. The van der Waals surface area contributed by atoms with E-state index in [1.165, 1.54) is 4.57 Å². The minimum Gasteiger partial charge on any atom is -0.394 e. The van der Waals surface area contributed by atoms with Crippen molar-refractivity contribution in [3.8, 4) is 0 Å². The maximum atomic E-state index is 10.5. The summed E-state index contributed by atoms with van der Waals surface area (Å²) in [4.78, 5) is 13.6. The van der Waals surface area contributed by atoms with Crippen LogP contribution in [0.1, 0.15) is 20.1 Å². The molecule has 150 valence electrons. The number of halogens is 2. The van der Waals surface area contributed by atoms with Crippen LogP contribution in [0.5, 0.6) is 0 Å². The topological polar surface area (TPSA) is 126 Å². The summed E-state index contributed by atoms with van der Waals surface area (Å²) in [5.74, 6) is 0.368. The number of imidazole rings is 1. The van der Waals surface area contributed by atoms with E-state index in [0.717, 1.165) is 0 Å². The van der Waals surface area contributed by atoms with Gasteiger partial charge in [0.05, 0.1) is 27.7 Å². The fourth-order valence-electron chi connectivity index (χ4n) is 3.22. The fourth-order valence-corrected chi connectivity index (χ4v) is 3.53. The van der Waals surface area contributed by atoms with Gasteiger partial charge >= 0.3 is 0 Å². The molecule has 4 N–H and O–H groups in total. The van der Waals surface area contributed by atoms with Crippen LogP contribution in [0, 0.1) is 0 Å². The van der Waals surface area contributed by atoms with Crippen molar-refractivity contribution in [3.63, 3.8) is 0 Å². The lowest BCUT2D eigenvalue weighted by Gasteiger charge is -2.20. The third kappa shape index (κ3) is 3.18. The van der Waals surface area contributed by atoms with Crippen molar-refractivity contribution < 1.29 is 20.1 Å². The van der Waals surface area contributed by atoms with Crippen molar-refractivity contribution >= 4 is 51.5 Å². The molecule has 1 saturated heterocycles. The lowest BCUT2D eigenvalue weighted by Crippen LogP contribution is -2.33. The molecule has 1 aliphatic rings. The average Bonchev–Trinajstić information content (AvgIpc) is 3.10. The Kier molecular flexibility index (Phi) is 5.07. The zero-order valence-corrected chi connectivity index (χ0v) is 16.6. The van der Waals surface area contributed by atoms with Crippen molar-refractivity contribution in [2.45, 2.75) is 44.4 Å². The smallest absolute Gasteiger partial charge is 0.209 e. The van der Waals surface area contributed by atoms with Crippen molar-refractivity contribution in [1.29, 1.82) is 0 Å². The highest BCUT2D eigenvalue weighted by molar-refractivity contribution is 6.42. The second kappa shape index (κ2) is 7.25. The van der Waals surface area contributed by atoms with E-state index in [9.17, 15) is 15.3 Å². The molecule has 0 saturated carbocycles. The molecule has 1 fully saturated rings. The van der Waals surface area contributed by atoms with E-state index in [1.807, 2.05) is 13.8 Å². The van der Waals surface area contributed by atoms with Crippen molar-refractivity contribution in [3.05, 3.63) is 22.2 Å². The van der Waals surface area contributed by atoms with Crippen molar-refractivity contribution in [2.75, 3.05) is 11.9 Å². The summed E-state index contributed by atoms with van der Waals surface area (Å²) < 4.78 is 7.22. The largest absolute Gasteiger partial charge is 0.394 e. The monoisotopic (exact) mass is 427 g/mol. The van der Waals surface area contributed by atoms with E-state index in [4.69, 9.17) is 27.9 Å². The predicted molar refractivity (Wildman–Crippen MR) is 105 cm³/mol. The van der Waals surface area contributed by atoms with E-state index in [0.29, 0.717) is 38.3 Å². The van der Waals surface area contributed by atoms with Gasteiger partial charge in [-0.25, -0.2) is 9.97 Å². The van der Waals surface area contributed by atoms with E-state index in [-0.39, 0.29) is 6.04 Å². The maximum absolute atomic E-state index is 10.5. The number of aliphatic hydroxyl groups excluding tert-OH is 3. The Bertz CT molecular complexity index is 1040. The number of ether oxygens (including phenoxy) is 1. The number of hydrogen-bond donors (Lipinski definition) is 4. The maximum Gasteiger partial charge on any atom is 0.209 e. The van der Waals surface area contributed by atoms with Crippen LogP contribution in [-0.2, 0) is 4.74 Å². The van der Waals surface area contributed by atoms with Gasteiger partial charge in [0.2, 0.25) is 5.95 Å². The molecule has 0 radical (unpaired) electrons. The Hall–Kier alpha value is -1.75. The number of benzene rings is 1. The van der Waals surface area contributed by atoms with Crippen molar-refractivity contribution in [1.82, 2.24) is 19.5 Å². The fraction of sp³-hybridized carbons (Fsp3) is 0.471. The highest BCUT2D eigenvalue weighted by Gasteiger charge is 2.45. The molecule has 4 rings (SSSR count). The van der Waals surface area contributed by atoms with Crippen LogP contribution in [0.15, 0.2) is 12.1 Å². The molecule has 1 unspecified atom stereocenters. The summed E-state index contributed by atoms with van der Waals surface area (Å²) in [6, 6.07) is 3.22. The Morgan fingerprint density at radius 1 is 1.11 bits per heavy atom. The molecule has 28 heavy (non-hydrogen) atoms. The highest BCUT2D eigenvalue weighted by Crippen LogP contribution is 2.35. The number of aliphatic hydroxyl groups is 3. The van der Waals surface area contributed by atoms with Crippen molar-refractivity contribution in [2.24, 2.45) is 0 Å². The Morgan fingerprint density at radius 3 is 2.32 bits per heavy atom. The van der Waals surface area contributed by atoms with Crippen LogP contribution in [-0.4, -0.2) is 65.8 Å². The van der Waals surface area contributed by atoms with E-state index >= 15 is 0 Å². The first kappa shape index (κ1) is 19.6. The quantitative estimate of drug-likeness (QED) is 0.495. The first-order valence-electron chi connectivity index (χ1n) is 8.74. The molecule has 11 heteroatoms. The molecular weight excluding hydrogens is 409 g/mol. The molecule has 0 amide bonds. The molecule has 4 atom stereocenters. The van der Waals surface area contributed by atoms with E-state index in [1.54, 1.807) is 12.1 Å². The van der Waals surface area contributed by atoms with Crippen LogP contribution in [0.3, 0.4) is 0 Å². The molecule has 3 heterocycles. The molecule has 1 aromatic carbocycles. The van der Waals surface area contributed by atoms with Gasteiger partial charge in [0.15, 0.2) is 17.5 Å². The lowest BCUT2D eigenvalue weighted by atomic mass is 10.1. The Morgan fingerprint density at radius 2 is 1.75 bits per heavy atom. The normalized spacial score (nSPS) is 25.3. The summed E-state index contributed by atoms with van der Waals surface area (Å²) >= 11 is 12.2. The van der Waals surface area contributed by atoms with Crippen LogP contribution in [0.2, 0.25) is 10.0 Å². The number of nitrogens with one attached hydrogen (secondary N) is 1. The molecule has 3 aromatic rings. The molecule has 0 aliphatic carbocycles. The summed E-state index contributed by atoms with van der Waals surface area (Å²) in [6.45, 7) is 3.42. The first-order valence-corrected chi connectivity index (χ1v) is 9.49. The average molecular weight is 428 g/mol. The second-order valence-electron chi connectivity index (χ2n) is 6.96. The number of anilines is 1. The van der Waals surface area contributed by atoms with Gasteiger partial charge in [0.1, 0.15) is 18.3 Å². The van der Waals surface area contributed by atoms with Gasteiger partial charge in [0, 0.05) is 6.04 Å². The SMILES string of the molecule is CC(C)Nc1nc2nc3cc(Cl)c(Cl)cc3nc2n1C1O[C@H](CO)[C@@H](O)[C@H]1O. The summed E-state index contributed by atoms with van der Waals surface area (Å²) in [5, 5.41) is 33.9. The van der Waals surface area contributed by atoms with Gasteiger partial charge in [-0.1, -0.05) is 23.2 Å². The standard InChI is InChI=1S/C17H19Cl2N5O4/c1-6(2)20-17-23-14-15(22-10-4-8(19)7(18)3-9(10)21-14)24(17)16-13(27)12(26)11(5-25)28-16/h3-4,6,11-13,16,25-27H,5H2,1-2H3,(H,20,21,23)/t11-,12-,13-,16?/m1/s1. The van der Waals surface area contributed by atoms with Gasteiger partial charge in [-0.2, -0.15) is 4.98 Å². The number of hydrogen-bond acceptors (Lipinski definition) is 8. The zero-order valence-electron chi connectivity index (χ0n) is 15.0. The minimum absolute atomic E-state index is 0.0194. The summed E-state index contributed by atoms with van der Waals surface area (Å²) in [7, 11) is 0. The van der Waals surface area contributed by atoms with Gasteiger partial charge in [-0.05, 0) is 26.0 Å². The number of aromatic nitrogens is 4. The number of rotatable bonds is 4. The highest BCUT2D eigenvalue weighted by atomic mass is 35.5. The van der Waals surface area contributed by atoms with Crippen LogP contribution in [0.4, 0.5) is 5.95 Å². The van der Waals surface area contributed by atoms with Gasteiger partial charge in [-0.3, -0.25) is 4.57 Å². The third-order valence-electron chi connectivity index (χ3n) is 4.53. The molecule has 1 aliphatic heterocycles. The number of nitrogens with zero attached hydrogens (tertiary/aromatic N) is 4. The molecule has 2 aromatic heterocycles. The summed E-state index contributed by atoms with van der Waals surface area (Å²) in [5.41, 5.74) is 1.66. The molecular formula is C17H19Cl2N5O4. The minimum atomic E-state index is -1.28. The Balaban J connectivity index is 1.94. The van der Waals surface area contributed by atoms with Crippen LogP contribution < -0.4 is 5.32 Å². The third-order valence-corrected chi connectivity index (χ3v) is 5.25. The Labute approximate surface area is 169 Å². The van der Waals surface area contributed by atoms with Gasteiger partial charge in [-0.15, -0.1) is 0 Å². The molecule has 0 spiro atoms. The molecule has 9 nitrogen and oxygen atoms in total. The van der Waals surface area contributed by atoms with E-state index < -0.39 is 31.1 Å². The predicted octanol–water partition coefficient (Wildman–Crippen LogP) is 1.72. The summed E-state index contributed by atoms with van der Waals surface area (Å²) in [6.07, 6.45) is -4.46. The lowest BCUT2D eigenvalue weighted by molar-refractivity contribution is -0.0501. The molecule has 0 bridgehead atoms. The number of fused-ring (bicyclic) bond motifs is 2. The van der Waals surface area contributed by atoms with Crippen LogP contribution in [0.25, 0.3) is 22.3 Å². The van der Waals surface area contributed by atoms with Gasteiger partial charge in [0.25, 0.3) is 0 Å². The van der Waals surface area contributed by atoms with Gasteiger partial charge < -0.3 is 25.4 Å². The first-order chi connectivity index (χ1) is 13.3. The zero-order chi connectivity index (χ0) is 20.2.